The highest BCUT2D eigenvalue weighted by Gasteiger charge is 2.34. The van der Waals surface area contributed by atoms with Crippen molar-refractivity contribution >= 4 is 16.7 Å². The summed E-state index contributed by atoms with van der Waals surface area (Å²) in [5.41, 5.74) is 1.20. The number of piperidine rings is 1. The van der Waals surface area contributed by atoms with Crippen LogP contribution in [0, 0.1) is 5.92 Å². The van der Waals surface area contributed by atoms with Gasteiger partial charge in [0, 0.05) is 32.1 Å². The number of nitrogens with one attached hydrogen (secondary N) is 1. The minimum Gasteiger partial charge on any atom is -0.341 e. The van der Waals surface area contributed by atoms with Crippen molar-refractivity contribution in [2.45, 2.75) is 50.7 Å². The highest BCUT2D eigenvalue weighted by molar-refractivity contribution is 5.83. The molecule has 3 nitrogen and oxygen atoms in total. The van der Waals surface area contributed by atoms with Crippen LogP contribution in [0.25, 0.3) is 10.8 Å². The quantitative estimate of drug-likeness (QED) is 0.930. The number of benzene rings is 2. The van der Waals surface area contributed by atoms with Gasteiger partial charge in [-0.15, -0.1) is 0 Å². The maximum Gasteiger partial charge on any atom is 0.222 e. The standard InChI is InChI=1S/C21H26N2O/c1-23(14-15-6-7-17-4-2-3-5-18(17)10-15)21(24)13-16-11-19-8-9-20(12-16)22-19/h2-7,10,16,19-20,22H,8-9,11-14H2,1H3. The van der Waals surface area contributed by atoms with Crippen molar-refractivity contribution in [2.75, 3.05) is 7.05 Å². The molecule has 0 spiro atoms. The van der Waals surface area contributed by atoms with Crippen molar-refractivity contribution in [2.24, 2.45) is 5.92 Å². The summed E-state index contributed by atoms with van der Waals surface area (Å²) < 4.78 is 0. The van der Waals surface area contributed by atoms with Crippen LogP contribution < -0.4 is 5.32 Å². The van der Waals surface area contributed by atoms with Gasteiger partial charge >= 0.3 is 0 Å². The summed E-state index contributed by atoms with van der Waals surface area (Å²) in [7, 11) is 1.94. The minimum atomic E-state index is 0.287. The van der Waals surface area contributed by atoms with Gasteiger partial charge in [0.15, 0.2) is 0 Å². The average molecular weight is 322 g/mol. The van der Waals surface area contributed by atoms with Crippen molar-refractivity contribution in [1.82, 2.24) is 10.2 Å². The third-order valence-corrected chi connectivity index (χ3v) is 5.69. The Morgan fingerprint density at radius 3 is 2.54 bits per heavy atom. The molecule has 0 saturated carbocycles. The van der Waals surface area contributed by atoms with E-state index in [1.54, 1.807) is 0 Å². The molecule has 4 rings (SSSR count). The lowest BCUT2D eigenvalue weighted by Crippen LogP contribution is -2.39. The molecule has 1 amide bonds. The zero-order chi connectivity index (χ0) is 16.5. The fourth-order valence-electron chi connectivity index (χ4n) is 4.44. The average Bonchev–Trinajstić information content (AvgIpc) is 2.93. The van der Waals surface area contributed by atoms with Crippen LogP contribution in [0.1, 0.15) is 37.7 Å². The van der Waals surface area contributed by atoms with E-state index in [1.165, 1.54) is 42.0 Å². The van der Waals surface area contributed by atoms with Crippen molar-refractivity contribution < 1.29 is 4.79 Å². The Labute approximate surface area is 144 Å². The van der Waals surface area contributed by atoms with Gasteiger partial charge in [-0.3, -0.25) is 4.79 Å². The molecule has 1 N–H and O–H groups in total. The zero-order valence-electron chi connectivity index (χ0n) is 14.4. The molecular weight excluding hydrogens is 296 g/mol. The first kappa shape index (κ1) is 15.6. The fraction of sp³-hybridized carbons (Fsp3) is 0.476. The van der Waals surface area contributed by atoms with Crippen LogP contribution in [0.5, 0.6) is 0 Å². The Morgan fingerprint density at radius 2 is 1.79 bits per heavy atom. The molecule has 0 radical (unpaired) electrons. The van der Waals surface area contributed by atoms with E-state index in [2.05, 4.69) is 47.8 Å². The van der Waals surface area contributed by atoms with Gasteiger partial charge in [0.1, 0.15) is 0 Å². The molecule has 2 atom stereocenters. The SMILES string of the molecule is CN(Cc1ccc2ccccc2c1)C(=O)CC1CC2CCC(C1)N2. The van der Waals surface area contributed by atoms with Crippen LogP contribution in [-0.2, 0) is 11.3 Å². The van der Waals surface area contributed by atoms with Gasteiger partial charge in [0.25, 0.3) is 0 Å². The number of carbonyl (C=O) groups is 1. The van der Waals surface area contributed by atoms with E-state index in [9.17, 15) is 4.79 Å². The second-order valence-electron chi connectivity index (χ2n) is 7.61. The van der Waals surface area contributed by atoms with E-state index in [1.807, 2.05) is 11.9 Å². The molecular formula is C21H26N2O. The Kier molecular flexibility index (Phi) is 4.28. The molecule has 2 unspecified atom stereocenters. The highest BCUT2D eigenvalue weighted by atomic mass is 16.2. The molecule has 2 heterocycles. The van der Waals surface area contributed by atoms with Crippen molar-refractivity contribution in [3.05, 3.63) is 48.0 Å². The molecule has 2 aliphatic heterocycles. The van der Waals surface area contributed by atoms with E-state index in [4.69, 9.17) is 0 Å². The molecule has 2 saturated heterocycles. The van der Waals surface area contributed by atoms with Crippen molar-refractivity contribution in [3.8, 4) is 0 Å². The first-order valence-electron chi connectivity index (χ1n) is 9.15. The lowest BCUT2D eigenvalue weighted by molar-refractivity contribution is -0.131. The topological polar surface area (TPSA) is 32.3 Å². The lowest BCUT2D eigenvalue weighted by Gasteiger charge is -2.30. The monoisotopic (exact) mass is 322 g/mol. The minimum absolute atomic E-state index is 0.287. The maximum atomic E-state index is 12.6. The van der Waals surface area contributed by atoms with Crippen molar-refractivity contribution in [1.29, 1.82) is 0 Å². The third kappa shape index (κ3) is 3.32. The number of carbonyl (C=O) groups excluding carboxylic acids is 1. The van der Waals surface area contributed by atoms with Crippen LogP contribution in [0.3, 0.4) is 0 Å². The number of fused-ring (bicyclic) bond motifs is 3. The molecule has 2 bridgehead atoms. The summed E-state index contributed by atoms with van der Waals surface area (Å²) >= 11 is 0. The number of rotatable bonds is 4. The van der Waals surface area contributed by atoms with Gasteiger partial charge in [0.2, 0.25) is 5.91 Å². The second kappa shape index (κ2) is 6.56. The summed E-state index contributed by atoms with van der Waals surface area (Å²) in [4.78, 5) is 14.5. The molecule has 2 fully saturated rings. The van der Waals surface area contributed by atoms with Crippen LogP contribution in [0.15, 0.2) is 42.5 Å². The van der Waals surface area contributed by atoms with Crippen LogP contribution in [0.4, 0.5) is 0 Å². The van der Waals surface area contributed by atoms with E-state index >= 15 is 0 Å². The van der Waals surface area contributed by atoms with E-state index in [-0.39, 0.29) is 5.91 Å². The summed E-state index contributed by atoms with van der Waals surface area (Å²) in [6, 6.07) is 16.2. The van der Waals surface area contributed by atoms with Gasteiger partial charge in [-0.25, -0.2) is 0 Å². The van der Waals surface area contributed by atoms with Gasteiger partial charge < -0.3 is 10.2 Å². The van der Waals surface area contributed by atoms with Crippen molar-refractivity contribution in [3.63, 3.8) is 0 Å². The summed E-state index contributed by atoms with van der Waals surface area (Å²) in [6.07, 6.45) is 5.64. The van der Waals surface area contributed by atoms with Crippen LogP contribution in [-0.4, -0.2) is 29.9 Å². The molecule has 2 aliphatic rings. The highest BCUT2D eigenvalue weighted by Crippen LogP contribution is 2.33. The summed E-state index contributed by atoms with van der Waals surface area (Å²) in [6.45, 7) is 0.696. The van der Waals surface area contributed by atoms with E-state index < -0.39 is 0 Å². The molecule has 2 aromatic carbocycles. The molecule has 2 aromatic rings. The molecule has 3 heteroatoms. The Bertz CT molecular complexity index is 729. The summed E-state index contributed by atoms with van der Waals surface area (Å²) in [5, 5.41) is 6.15. The van der Waals surface area contributed by atoms with E-state index in [0.717, 1.165) is 0 Å². The predicted octanol–water partition coefficient (Wildman–Crippen LogP) is 3.72. The predicted molar refractivity (Wildman–Crippen MR) is 97.7 cm³/mol. The number of nitrogens with zero attached hydrogens (tertiary/aromatic N) is 1. The zero-order valence-corrected chi connectivity index (χ0v) is 14.4. The first-order chi connectivity index (χ1) is 11.7. The largest absolute Gasteiger partial charge is 0.341 e. The van der Waals surface area contributed by atoms with Gasteiger partial charge in [-0.1, -0.05) is 36.4 Å². The Balaban J connectivity index is 1.37. The molecule has 126 valence electrons. The normalized spacial score (nSPS) is 25.8. The Hall–Kier alpha value is -1.87. The smallest absolute Gasteiger partial charge is 0.222 e. The maximum absolute atomic E-state index is 12.6. The third-order valence-electron chi connectivity index (χ3n) is 5.69. The number of hydrogen-bond acceptors (Lipinski definition) is 2. The first-order valence-corrected chi connectivity index (χ1v) is 9.15. The van der Waals surface area contributed by atoms with Crippen LogP contribution >= 0.6 is 0 Å². The fourth-order valence-corrected chi connectivity index (χ4v) is 4.44. The molecule has 0 aromatic heterocycles. The van der Waals surface area contributed by atoms with Gasteiger partial charge in [-0.05, 0) is 54.0 Å². The van der Waals surface area contributed by atoms with Gasteiger partial charge in [0.05, 0.1) is 0 Å². The Morgan fingerprint density at radius 1 is 1.08 bits per heavy atom. The molecule has 0 aliphatic carbocycles. The lowest BCUT2D eigenvalue weighted by atomic mass is 9.89. The summed E-state index contributed by atoms with van der Waals surface area (Å²) in [5.74, 6) is 0.852. The van der Waals surface area contributed by atoms with E-state index in [0.29, 0.717) is 31.0 Å². The number of hydrogen-bond donors (Lipinski definition) is 1. The molecule has 24 heavy (non-hydrogen) atoms. The number of amides is 1. The second-order valence-corrected chi connectivity index (χ2v) is 7.61. The van der Waals surface area contributed by atoms with Crippen LogP contribution in [0.2, 0.25) is 0 Å². The van der Waals surface area contributed by atoms with Gasteiger partial charge in [-0.2, -0.15) is 0 Å².